The standard InChI is InChI=1S/C31H43F/c1-4-5-24-8-10-25(11-9-24)20-23(3)30-19-18-29(21-31(30)32)28-16-14-27(15-17-28)26-12-6-22(2)7-13-26/h14-19,21-26H,4-13,20H2,1-3H3/t22?,23-,24?,25?,26?/m1/s1. The van der Waals surface area contributed by atoms with Crippen LogP contribution in [0.4, 0.5) is 4.39 Å². The Labute approximate surface area is 196 Å². The lowest BCUT2D eigenvalue weighted by atomic mass is 9.76. The van der Waals surface area contributed by atoms with Gasteiger partial charge in [-0.05, 0) is 77.2 Å². The van der Waals surface area contributed by atoms with E-state index in [2.05, 4.69) is 57.2 Å². The first kappa shape index (κ1) is 23.5. The van der Waals surface area contributed by atoms with E-state index in [1.54, 1.807) is 6.07 Å². The van der Waals surface area contributed by atoms with Crippen molar-refractivity contribution >= 4 is 0 Å². The van der Waals surface area contributed by atoms with Crippen LogP contribution in [0.2, 0.25) is 0 Å². The minimum absolute atomic E-state index is 0.0278. The maximum Gasteiger partial charge on any atom is 0.127 e. The van der Waals surface area contributed by atoms with Crippen LogP contribution in [0.3, 0.4) is 0 Å². The van der Waals surface area contributed by atoms with Gasteiger partial charge in [-0.15, -0.1) is 0 Å². The van der Waals surface area contributed by atoms with Crippen molar-refractivity contribution in [1.29, 1.82) is 0 Å². The van der Waals surface area contributed by atoms with Crippen LogP contribution in [0.1, 0.15) is 114 Å². The minimum atomic E-state index is -0.0278. The lowest BCUT2D eigenvalue weighted by molar-refractivity contribution is 0.243. The first-order valence-corrected chi connectivity index (χ1v) is 13.4. The molecule has 0 spiro atoms. The smallest absolute Gasteiger partial charge is 0.127 e. The molecular formula is C31H43F. The summed E-state index contributed by atoms with van der Waals surface area (Å²) in [5, 5.41) is 0. The second-order valence-electron chi connectivity index (χ2n) is 11.1. The molecule has 0 aliphatic heterocycles. The van der Waals surface area contributed by atoms with E-state index in [9.17, 15) is 0 Å². The molecule has 0 bridgehead atoms. The van der Waals surface area contributed by atoms with Gasteiger partial charge in [-0.2, -0.15) is 0 Å². The third-order valence-electron chi connectivity index (χ3n) is 8.61. The summed E-state index contributed by atoms with van der Waals surface area (Å²) in [4.78, 5) is 0. The molecule has 0 heterocycles. The fourth-order valence-electron chi connectivity index (χ4n) is 6.44. The molecule has 174 valence electrons. The lowest BCUT2D eigenvalue weighted by Crippen LogP contribution is -2.16. The molecular weight excluding hydrogens is 391 g/mol. The monoisotopic (exact) mass is 434 g/mol. The highest BCUT2D eigenvalue weighted by atomic mass is 19.1. The Morgan fingerprint density at radius 3 is 2.06 bits per heavy atom. The molecule has 32 heavy (non-hydrogen) atoms. The fraction of sp³-hybridized carbons (Fsp3) is 0.613. The van der Waals surface area contributed by atoms with Crippen LogP contribution in [-0.2, 0) is 0 Å². The second-order valence-corrected chi connectivity index (χ2v) is 11.1. The van der Waals surface area contributed by atoms with Crippen LogP contribution in [0.15, 0.2) is 42.5 Å². The first-order valence-electron chi connectivity index (χ1n) is 13.4. The molecule has 0 amide bonds. The van der Waals surface area contributed by atoms with Gasteiger partial charge >= 0.3 is 0 Å². The van der Waals surface area contributed by atoms with Crippen molar-refractivity contribution in [3.05, 3.63) is 59.4 Å². The Kier molecular flexibility index (Phi) is 8.08. The summed E-state index contributed by atoms with van der Waals surface area (Å²) in [6.07, 6.45) is 14.6. The van der Waals surface area contributed by atoms with Gasteiger partial charge in [0, 0.05) is 0 Å². The zero-order valence-corrected chi connectivity index (χ0v) is 20.6. The van der Waals surface area contributed by atoms with Crippen LogP contribution in [0, 0.1) is 23.6 Å². The van der Waals surface area contributed by atoms with Gasteiger partial charge in [0.15, 0.2) is 0 Å². The Morgan fingerprint density at radius 2 is 1.44 bits per heavy atom. The van der Waals surface area contributed by atoms with E-state index < -0.39 is 0 Å². The third-order valence-corrected chi connectivity index (χ3v) is 8.61. The molecule has 0 saturated heterocycles. The SMILES string of the molecule is CCCC1CCC(C[C@@H](C)c2ccc(-c3ccc(C4CCC(C)CC4)cc3)cc2F)CC1. The average Bonchev–Trinajstić information content (AvgIpc) is 2.81. The van der Waals surface area contributed by atoms with Gasteiger partial charge in [0.05, 0.1) is 0 Å². The predicted molar refractivity (Wildman–Crippen MR) is 136 cm³/mol. The number of halogens is 1. The number of rotatable bonds is 7. The van der Waals surface area contributed by atoms with E-state index in [-0.39, 0.29) is 5.82 Å². The summed E-state index contributed by atoms with van der Waals surface area (Å²) < 4.78 is 15.1. The molecule has 4 rings (SSSR count). The summed E-state index contributed by atoms with van der Waals surface area (Å²) in [5.74, 6) is 3.57. The molecule has 2 aliphatic carbocycles. The van der Waals surface area contributed by atoms with Crippen molar-refractivity contribution in [1.82, 2.24) is 0 Å². The number of hydrogen-bond acceptors (Lipinski definition) is 0. The molecule has 2 fully saturated rings. The van der Waals surface area contributed by atoms with Crippen molar-refractivity contribution in [2.24, 2.45) is 17.8 Å². The van der Waals surface area contributed by atoms with Crippen LogP contribution in [-0.4, -0.2) is 0 Å². The molecule has 2 aromatic carbocycles. The predicted octanol–water partition coefficient (Wildman–Crippen LogP) is 9.89. The summed E-state index contributed by atoms with van der Waals surface area (Å²) >= 11 is 0. The Balaban J connectivity index is 1.36. The molecule has 0 aromatic heterocycles. The zero-order chi connectivity index (χ0) is 22.5. The van der Waals surface area contributed by atoms with Gasteiger partial charge in [0.1, 0.15) is 5.82 Å². The molecule has 0 nitrogen and oxygen atoms in total. The van der Waals surface area contributed by atoms with Gasteiger partial charge in [-0.1, -0.05) is 109 Å². The summed E-state index contributed by atoms with van der Waals surface area (Å²) in [6.45, 7) is 6.89. The van der Waals surface area contributed by atoms with Crippen LogP contribution >= 0.6 is 0 Å². The lowest BCUT2D eigenvalue weighted by Gasteiger charge is -2.30. The molecule has 0 unspecified atom stereocenters. The van der Waals surface area contributed by atoms with Crippen LogP contribution < -0.4 is 0 Å². The van der Waals surface area contributed by atoms with Gasteiger partial charge in [0.2, 0.25) is 0 Å². The highest BCUT2D eigenvalue weighted by molar-refractivity contribution is 5.64. The number of benzene rings is 2. The molecule has 2 aromatic rings. The zero-order valence-electron chi connectivity index (χ0n) is 20.6. The largest absolute Gasteiger partial charge is 0.207 e. The molecule has 1 heteroatoms. The molecule has 2 aliphatic rings. The van der Waals surface area contributed by atoms with Crippen molar-refractivity contribution in [3.63, 3.8) is 0 Å². The fourth-order valence-corrected chi connectivity index (χ4v) is 6.44. The topological polar surface area (TPSA) is 0 Å². The molecule has 0 N–H and O–H groups in total. The summed E-state index contributed by atoms with van der Waals surface area (Å²) in [5.41, 5.74) is 4.49. The van der Waals surface area contributed by atoms with Crippen molar-refractivity contribution in [2.75, 3.05) is 0 Å². The van der Waals surface area contributed by atoms with E-state index in [1.165, 1.54) is 69.8 Å². The van der Waals surface area contributed by atoms with E-state index in [0.717, 1.165) is 40.9 Å². The average molecular weight is 435 g/mol. The van der Waals surface area contributed by atoms with E-state index in [4.69, 9.17) is 0 Å². The Bertz CT molecular complexity index is 835. The van der Waals surface area contributed by atoms with Crippen molar-refractivity contribution < 1.29 is 4.39 Å². The summed E-state index contributed by atoms with van der Waals surface area (Å²) in [6, 6.07) is 14.9. The van der Waals surface area contributed by atoms with E-state index in [1.807, 2.05) is 0 Å². The first-order chi connectivity index (χ1) is 15.5. The number of hydrogen-bond donors (Lipinski definition) is 0. The van der Waals surface area contributed by atoms with Crippen LogP contribution in [0.5, 0.6) is 0 Å². The van der Waals surface area contributed by atoms with Gasteiger partial charge in [-0.25, -0.2) is 4.39 Å². The van der Waals surface area contributed by atoms with E-state index >= 15 is 4.39 Å². The van der Waals surface area contributed by atoms with Crippen LogP contribution in [0.25, 0.3) is 11.1 Å². The quantitative estimate of drug-likeness (QED) is 0.406. The van der Waals surface area contributed by atoms with Gasteiger partial charge in [-0.3, -0.25) is 0 Å². The van der Waals surface area contributed by atoms with E-state index in [0.29, 0.717) is 11.8 Å². The normalized spacial score (nSPS) is 27.2. The highest BCUT2D eigenvalue weighted by Gasteiger charge is 2.24. The maximum absolute atomic E-state index is 15.1. The maximum atomic E-state index is 15.1. The minimum Gasteiger partial charge on any atom is -0.207 e. The second kappa shape index (κ2) is 11.0. The Morgan fingerprint density at radius 1 is 0.812 bits per heavy atom. The molecule has 0 radical (unpaired) electrons. The molecule has 2 saturated carbocycles. The van der Waals surface area contributed by atoms with Gasteiger partial charge in [0.25, 0.3) is 0 Å². The molecule has 1 atom stereocenters. The Hall–Kier alpha value is -1.63. The summed E-state index contributed by atoms with van der Waals surface area (Å²) in [7, 11) is 0. The third kappa shape index (κ3) is 5.83. The highest BCUT2D eigenvalue weighted by Crippen LogP contribution is 2.39. The van der Waals surface area contributed by atoms with Crippen molar-refractivity contribution in [2.45, 2.75) is 103 Å². The van der Waals surface area contributed by atoms with Crippen molar-refractivity contribution in [3.8, 4) is 11.1 Å². The van der Waals surface area contributed by atoms with Gasteiger partial charge < -0.3 is 0 Å².